The molecule has 2 heterocycles. The van der Waals surface area contributed by atoms with Gasteiger partial charge in [-0.3, -0.25) is 4.79 Å². The molecule has 1 aliphatic heterocycles. The van der Waals surface area contributed by atoms with Crippen molar-refractivity contribution in [1.82, 2.24) is 15.3 Å². The maximum Gasteiger partial charge on any atom is 0.258 e. The number of amides is 1. The predicted octanol–water partition coefficient (Wildman–Crippen LogP) is 2.08. The van der Waals surface area contributed by atoms with Crippen molar-refractivity contribution in [2.24, 2.45) is 0 Å². The van der Waals surface area contributed by atoms with Crippen LogP contribution in [0.25, 0.3) is 0 Å². The lowest BCUT2D eigenvalue weighted by molar-refractivity contribution is -0.123. The van der Waals surface area contributed by atoms with E-state index in [2.05, 4.69) is 20.2 Å². The molecule has 6 nitrogen and oxygen atoms in total. The first kappa shape index (κ1) is 16.2. The lowest BCUT2D eigenvalue weighted by atomic mass is 10.2. The fraction of sp³-hybridized carbons (Fsp3) is 0.389. The first-order valence-electron chi connectivity index (χ1n) is 8.24. The predicted molar refractivity (Wildman–Crippen MR) is 92.0 cm³/mol. The van der Waals surface area contributed by atoms with Crippen LogP contribution in [-0.4, -0.2) is 35.6 Å². The molecule has 1 aromatic carbocycles. The summed E-state index contributed by atoms with van der Waals surface area (Å²) < 4.78 is 5.49. The minimum absolute atomic E-state index is 0.00643. The van der Waals surface area contributed by atoms with Gasteiger partial charge in [-0.15, -0.1) is 0 Å². The van der Waals surface area contributed by atoms with Gasteiger partial charge < -0.3 is 15.0 Å². The molecule has 0 unspecified atom stereocenters. The van der Waals surface area contributed by atoms with Crippen LogP contribution in [0.2, 0.25) is 0 Å². The monoisotopic (exact) mass is 326 g/mol. The third-order valence-corrected chi connectivity index (χ3v) is 3.92. The number of carbonyl (C=O) groups excluding carboxylic acids is 1. The van der Waals surface area contributed by atoms with Gasteiger partial charge in [0.1, 0.15) is 5.75 Å². The molecule has 0 aliphatic carbocycles. The third-order valence-electron chi connectivity index (χ3n) is 3.92. The van der Waals surface area contributed by atoms with E-state index in [4.69, 9.17) is 4.74 Å². The zero-order chi connectivity index (χ0) is 16.8. The summed E-state index contributed by atoms with van der Waals surface area (Å²) in [5.74, 6) is 1.27. The minimum Gasteiger partial charge on any atom is -0.484 e. The molecule has 1 N–H and O–H groups in total. The second-order valence-electron chi connectivity index (χ2n) is 5.92. The van der Waals surface area contributed by atoms with Crippen molar-refractivity contribution in [3.63, 3.8) is 0 Å². The Morgan fingerprint density at radius 2 is 2.12 bits per heavy atom. The summed E-state index contributed by atoms with van der Waals surface area (Å²) >= 11 is 0. The molecule has 1 amide bonds. The number of aryl methyl sites for hydroxylation is 1. The van der Waals surface area contributed by atoms with Crippen molar-refractivity contribution in [3.05, 3.63) is 47.8 Å². The van der Waals surface area contributed by atoms with E-state index in [1.54, 1.807) is 6.20 Å². The van der Waals surface area contributed by atoms with Crippen LogP contribution in [0.5, 0.6) is 5.75 Å². The Morgan fingerprint density at radius 3 is 2.92 bits per heavy atom. The standard InChI is InChI=1S/C18H22N4O2/c1-14-5-4-6-16(11-14)24-13-17(23)20-12-15-7-8-19-18(21-15)22-9-2-3-10-22/h4-8,11H,2-3,9-10,12-13H2,1H3,(H,20,23). The summed E-state index contributed by atoms with van der Waals surface area (Å²) in [4.78, 5) is 22.9. The SMILES string of the molecule is Cc1cccc(OCC(=O)NCc2ccnc(N3CCCC3)n2)c1. The Morgan fingerprint density at radius 1 is 1.29 bits per heavy atom. The Kier molecular flexibility index (Phi) is 5.25. The van der Waals surface area contributed by atoms with Crippen LogP contribution in [0.1, 0.15) is 24.1 Å². The van der Waals surface area contributed by atoms with E-state index in [0.29, 0.717) is 12.3 Å². The first-order chi connectivity index (χ1) is 11.7. The number of hydrogen-bond donors (Lipinski definition) is 1. The van der Waals surface area contributed by atoms with E-state index in [1.807, 2.05) is 37.3 Å². The van der Waals surface area contributed by atoms with Gasteiger partial charge in [0.05, 0.1) is 12.2 Å². The second kappa shape index (κ2) is 7.77. The van der Waals surface area contributed by atoms with Gasteiger partial charge in [0, 0.05) is 19.3 Å². The van der Waals surface area contributed by atoms with E-state index >= 15 is 0 Å². The van der Waals surface area contributed by atoms with Gasteiger partial charge in [-0.2, -0.15) is 0 Å². The summed E-state index contributed by atoms with van der Waals surface area (Å²) in [6.07, 6.45) is 4.10. The van der Waals surface area contributed by atoms with Crippen LogP contribution in [-0.2, 0) is 11.3 Å². The number of hydrogen-bond acceptors (Lipinski definition) is 5. The van der Waals surface area contributed by atoms with E-state index in [1.165, 1.54) is 12.8 Å². The number of benzene rings is 1. The van der Waals surface area contributed by atoms with Crippen molar-refractivity contribution in [2.75, 3.05) is 24.6 Å². The molecule has 1 saturated heterocycles. The first-order valence-corrected chi connectivity index (χ1v) is 8.24. The van der Waals surface area contributed by atoms with Crippen molar-refractivity contribution in [1.29, 1.82) is 0 Å². The van der Waals surface area contributed by atoms with Crippen LogP contribution in [0.3, 0.4) is 0 Å². The molecule has 24 heavy (non-hydrogen) atoms. The molecule has 0 spiro atoms. The van der Waals surface area contributed by atoms with Gasteiger partial charge in [-0.1, -0.05) is 12.1 Å². The Bertz CT molecular complexity index is 699. The van der Waals surface area contributed by atoms with Gasteiger partial charge in [0.2, 0.25) is 5.95 Å². The van der Waals surface area contributed by atoms with Crippen LogP contribution in [0.4, 0.5) is 5.95 Å². The molecule has 6 heteroatoms. The largest absolute Gasteiger partial charge is 0.484 e. The van der Waals surface area contributed by atoms with E-state index in [9.17, 15) is 4.79 Å². The minimum atomic E-state index is -0.169. The Labute approximate surface area is 141 Å². The fourth-order valence-corrected chi connectivity index (χ4v) is 2.65. The van der Waals surface area contributed by atoms with Gasteiger partial charge in [-0.05, 0) is 43.5 Å². The molecule has 2 aromatic rings. The molecular formula is C18H22N4O2. The molecule has 1 aromatic heterocycles. The maximum atomic E-state index is 11.9. The molecule has 0 atom stereocenters. The molecule has 0 radical (unpaired) electrons. The molecule has 0 saturated carbocycles. The number of anilines is 1. The average molecular weight is 326 g/mol. The maximum absolute atomic E-state index is 11.9. The van der Waals surface area contributed by atoms with Crippen LogP contribution < -0.4 is 15.0 Å². The number of aromatic nitrogens is 2. The molecular weight excluding hydrogens is 304 g/mol. The molecule has 126 valence electrons. The van der Waals surface area contributed by atoms with Gasteiger partial charge in [0.15, 0.2) is 6.61 Å². The molecule has 1 aliphatic rings. The lowest BCUT2D eigenvalue weighted by Gasteiger charge is -2.15. The highest BCUT2D eigenvalue weighted by molar-refractivity contribution is 5.77. The highest BCUT2D eigenvalue weighted by Gasteiger charge is 2.15. The summed E-state index contributed by atoms with van der Waals surface area (Å²) in [5.41, 5.74) is 1.90. The smallest absolute Gasteiger partial charge is 0.258 e. The number of carbonyl (C=O) groups is 1. The highest BCUT2D eigenvalue weighted by atomic mass is 16.5. The van der Waals surface area contributed by atoms with Gasteiger partial charge in [-0.25, -0.2) is 9.97 Å². The Hall–Kier alpha value is -2.63. The van der Waals surface area contributed by atoms with E-state index < -0.39 is 0 Å². The quantitative estimate of drug-likeness (QED) is 0.880. The number of nitrogens with one attached hydrogen (secondary N) is 1. The second-order valence-corrected chi connectivity index (χ2v) is 5.92. The fourth-order valence-electron chi connectivity index (χ4n) is 2.65. The summed E-state index contributed by atoms with van der Waals surface area (Å²) in [5, 5.41) is 2.83. The summed E-state index contributed by atoms with van der Waals surface area (Å²) in [6.45, 7) is 4.35. The zero-order valence-corrected chi connectivity index (χ0v) is 13.9. The summed E-state index contributed by atoms with van der Waals surface area (Å²) in [7, 11) is 0. The average Bonchev–Trinajstić information content (AvgIpc) is 3.13. The number of ether oxygens (including phenoxy) is 1. The molecule has 1 fully saturated rings. The van der Waals surface area contributed by atoms with Crippen molar-refractivity contribution < 1.29 is 9.53 Å². The molecule has 0 bridgehead atoms. The van der Waals surface area contributed by atoms with Crippen molar-refractivity contribution in [3.8, 4) is 5.75 Å². The van der Waals surface area contributed by atoms with Crippen LogP contribution in [0, 0.1) is 6.92 Å². The van der Waals surface area contributed by atoms with Crippen LogP contribution in [0.15, 0.2) is 36.5 Å². The van der Waals surface area contributed by atoms with Crippen LogP contribution >= 0.6 is 0 Å². The zero-order valence-electron chi connectivity index (χ0n) is 13.9. The van der Waals surface area contributed by atoms with Crippen molar-refractivity contribution >= 4 is 11.9 Å². The van der Waals surface area contributed by atoms with E-state index in [0.717, 1.165) is 30.3 Å². The number of rotatable bonds is 6. The molecule has 3 rings (SSSR count). The summed E-state index contributed by atoms with van der Waals surface area (Å²) in [6, 6.07) is 9.46. The highest BCUT2D eigenvalue weighted by Crippen LogP contribution is 2.15. The van der Waals surface area contributed by atoms with Crippen molar-refractivity contribution in [2.45, 2.75) is 26.3 Å². The Balaban J connectivity index is 1.48. The van der Waals surface area contributed by atoms with Gasteiger partial charge >= 0.3 is 0 Å². The third kappa shape index (κ3) is 4.44. The normalized spacial score (nSPS) is 13.8. The van der Waals surface area contributed by atoms with Gasteiger partial charge in [0.25, 0.3) is 5.91 Å². The number of nitrogens with zero attached hydrogens (tertiary/aromatic N) is 3. The van der Waals surface area contributed by atoms with E-state index in [-0.39, 0.29) is 12.5 Å². The topological polar surface area (TPSA) is 67.3 Å². The lowest BCUT2D eigenvalue weighted by Crippen LogP contribution is -2.29.